The van der Waals surface area contributed by atoms with Crippen molar-refractivity contribution in [1.82, 2.24) is 19.8 Å². The summed E-state index contributed by atoms with van der Waals surface area (Å²) in [5, 5.41) is 23.2. The van der Waals surface area contributed by atoms with Gasteiger partial charge in [-0.2, -0.15) is 9.61 Å². The Morgan fingerprint density at radius 2 is 2.05 bits per heavy atom. The monoisotopic (exact) mass is 273 g/mol. The van der Waals surface area contributed by atoms with Crippen LogP contribution in [0.1, 0.15) is 10.6 Å². The summed E-state index contributed by atoms with van der Waals surface area (Å²) in [7, 11) is 0. The number of hydrogen-bond acceptors (Lipinski definition) is 6. The maximum atomic E-state index is 10.5. The van der Waals surface area contributed by atoms with Crippen molar-refractivity contribution in [1.29, 1.82) is 0 Å². The zero-order valence-electron chi connectivity index (χ0n) is 9.50. The highest BCUT2D eigenvalue weighted by Gasteiger charge is 2.03. The number of hydrogen-bond donors (Lipinski definition) is 0. The van der Waals surface area contributed by atoms with Gasteiger partial charge in [-0.15, -0.1) is 10.2 Å². The van der Waals surface area contributed by atoms with Crippen LogP contribution < -0.4 is 0 Å². The minimum atomic E-state index is -0.420. The summed E-state index contributed by atoms with van der Waals surface area (Å²) in [6.45, 7) is 0. The van der Waals surface area contributed by atoms with E-state index in [0.717, 1.165) is 15.5 Å². The Balaban J connectivity index is 1.82. The topological polar surface area (TPSA) is 86.2 Å². The SMILES string of the molecule is O=[N+]([O-])c1ccc(/C=C/c2nn3cnnc3s2)cc1. The van der Waals surface area contributed by atoms with Gasteiger partial charge in [0.25, 0.3) is 5.69 Å². The van der Waals surface area contributed by atoms with Crippen LogP contribution in [0.3, 0.4) is 0 Å². The Morgan fingerprint density at radius 3 is 2.74 bits per heavy atom. The Kier molecular flexibility index (Phi) is 2.76. The minimum absolute atomic E-state index is 0.0796. The van der Waals surface area contributed by atoms with Gasteiger partial charge in [-0.3, -0.25) is 10.1 Å². The number of rotatable bonds is 3. The maximum Gasteiger partial charge on any atom is 0.269 e. The molecule has 2 aromatic heterocycles. The first-order valence-electron chi connectivity index (χ1n) is 5.32. The summed E-state index contributed by atoms with van der Waals surface area (Å²) >= 11 is 1.41. The van der Waals surface area contributed by atoms with Gasteiger partial charge in [-0.25, -0.2) is 0 Å². The van der Waals surface area contributed by atoms with Gasteiger partial charge < -0.3 is 0 Å². The summed E-state index contributed by atoms with van der Waals surface area (Å²) in [5.74, 6) is 0. The van der Waals surface area contributed by atoms with Crippen LogP contribution in [-0.4, -0.2) is 24.7 Å². The molecule has 0 saturated carbocycles. The fourth-order valence-corrected chi connectivity index (χ4v) is 2.24. The molecule has 1 aromatic carbocycles. The molecule has 0 atom stereocenters. The molecule has 19 heavy (non-hydrogen) atoms. The van der Waals surface area contributed by atoms with Gasteiger partial charge in [0, 0.05) is 12.1 Å². The normalized spacial score (nSPS) is 11.4. The third-order valence-electron chi connectivity index (χ3n) is 2.42. The number of nitro groups is 1. The van der Waals surface area contributed by atoms with Crippen LogP contribution in [0.25, 0.3) is 17.1 Å². The fourth-order valence-electron chi connectivity index (χ4n) is 1.52. The second-order valence-electron chi connectivity index (χ2n) is 3.68. The lowest BCUT2D eigenvalue weighted by atomic mass is 10.2. The van der Waals surface area contributed by atoms with Gasteiger partial charge in [-0.05, 0) is 23.8 Å². The molecule has 0 N–H and O–H groups in total. The molecule has 0 saturated heterocycles. The molecule has 0 radical (unpaired) electrons. The largest absolute Gasteiger partial charge is 0.269 e. The first-order chi connectivity index (χ1) is 9.22. The molecule has 0 unspecified atom stereocenters. The molecule has 8 heteroatoms. The molecule has 0 fully saturated rings. The van der Waals surface area contributed by atoms with Crippen molar-refractivity contribution in [3.8, 4) is 0 Å². The molecule has 3 aromatic rings. The van der Waals surface area contributed by atoms with E-state index in [1.165, 1.54) is 29.8 Å². The van der Waals surface area contributed by atoms with Crippen molar-refractivity contribution in [3.05, 3.63) is 51.3 Å². The van der Waals surface area contributed by atoms with E-state index in [9.17, 15) is 10.1 Å². The van der Waals surface area contributed by atoms with Gasteiger partial charge >= 0.3 is 0 Å². The van der Waals surface area contributed by atoms with E-state index in [1.54, 1.807) is 16.6 Å². The molecular weight excluding hydrogens is 266 g/mol. The van der Waals surface area contributed by atoms with E-state index in [2.05, 4.69) is 15.3 Å². The van der Waals surface area contributed by atoms with Crippen LogP contribution in [0.2, 0.25) is 0 Å². The third kappa shape index (κ3) is 2.33. The number of fused-ring (bicyclic) bond motifs is 1. The number of non-ortho nitro benzene ring substituents is 1. The van der Waals surface area contributed by atoms with Crippen LogP contribution in [0.15, 0.2) is 30.6 Å². The Hall–Kier alpha value is -2.61. The maximum absolute atomic E-state index is 10.5. The predicted octanol–water partition coefficient (Wildman–Crippen LogP) is 2.26. The summed E-state index contributed by atoms with van der Waals surface area (Å²) in [6.07, 6.45) is 5.21. The second kappa shape index (κ2) is 4.58. The predicted molar refractivity (Wildman–Crippen MR) is 70.7 cm³/mol. The average molecular weight is 273 g/mol. The first kappa shape index (κ1) is 11.5. The molecule has 0 amide bonds. The van der Waals surface area contributed by atoms with Crippen LogP contribution in [0.4, 0.5) is 5.69 Å². The summed E-state index contributed by atoms with van der Waals surface area (Å²) in [6, 6.07) is 6.32. The Morgan fingerprint density at radius 1 is 1.26 bits per heavy atom. The third-order valence-corrected chi connectivity index (χ3v) is 3.30. The van der Waals surface area contributed by atoms with E-state index in [0.29, 0.717) is 0 Å². The lowest BCUT2D eigenvalue weighted by Crippen LogP contribution is -1.86. The highest BCUT2D eigenvalue weighted by atomic mass is 32.1. The molecule has 0 aliphatic rings. The number of nitrogens with zero attached hydrogens (tertiary/aromatic N) is 5. The zero-order valence-corrected chi connectivity index (χ0v) is 10.3. The van der Waals surface area contributed by atoms with Gasteiger partial charge in [0.15, 0.2) is 0 Å². The summed E-state index contributed by atoms with van der Waals surface area (Å²) in [4.78, 5) is 10.8. The molecule has 2 heterocycles. The van der Waals surface area contributed by atoms with E-state index in [-0.39, 0.29) is 5.69 Å². The van der Waals surface area contributed by atoms with Crippen LogP contribution in [-0.2, 0) is 0 Å². The van der Waals surface area contributed by atoms with Gasteiger partial charge in [0.1, 0.15) is 11.3 Å². The van der Waals surface area contributed by atoms with E-state index < -0.39 is 4.92 Å². The molecule has 0 aliphatic carbocycles. The van der Waals surface area contributed by atoms with Crippen molar-refractivity contribution in [2.45, 2.75) is 0 Å². The number of aromatic nitrogens is 4. The summed E-state index contributed by atoms with van der Waals surface area (Å²) in [5.41, 5.74) is 0.951. The molecule has 94 valence electrons. The Bertz CT molecular complexity index is 730. The van der Waals surface area contributed by atoms with Crippen LogP contribution >= 0.6 is 11.3 Å². The molecule has 3 rings (SSSR count). The average Bonchev–Trinajstić information content (AvgIpc) is 2.97. The molecule has 7 nitrogen and oxygen atoms in total. The van der Waals surface area contributed by atoms with Crippen molar-refractivity contribution in [2.24, 2.45) is 0 Å². The smallest absolute Gasteiger partial charge is 0.258 e. The van der Waals surface area contributed by atoms with Crippen LogP contribution in [0, 0.1) is 10.1 Å². The fraction of sp³-hybridized carbons (Fsp3) is 0. The van der Waals surface area contributed by atoms with E-state index in [1.807, 2.05) is 12.2 Å². The molecule has 0 spiro atoms. The van der Waals surface area contributed by atoms with E-state index in [4.69, 9.17) is 0 Å². The summed E-state index contributed by atoms with van der Waals surface area (Å²) < 4.78 is 1.60. The lowest BCUT2D eigenvalue weighted by molar-refractivity contribution is -0.384. The van der Waals surface area contributed by atoms with Crippen LogP contribution in [0.5, 0.6) is 0 Å². The number of benzene rings is 1. The molecular formula is C11H7N5O2S. The van der Waals surface area contributed by atoms with Crippen molar-refractivity contribution in [3.63, 3.8) is 0 Å². The quantitative estimate of drug-likeness (QED) is 0.539. The Labute approximate surface area is 111 Å². The van der Waals surface area contributed by atoms with E-state index >= 15 is 0 Å². The van der Waals surface area contributed by atoms with Gasteiger partial charge in [-0.1, -0.05) is 17.4 Å². The standard InChI is InChI=1S/C11H7N5O2S/c17-16(18)9-4-1-8(2-5-9)3-6-10-14-15-7-12-13-11(15)19-10/h1-7H/b6-3+. The second-order valence-corrected chi connectivity index (χ2v) is 4.67. The number of nitro benzene ring substituents is 1. The van der Waals surface area contributed by atoms with Crippen molar-refractivity contribution >= 4 is 34.1 Å². The zero-order chi connectivity index (χ0) is 13.2. The first-order valence-corrected chi connectivity index (χ1v) is 6.13. The van der Waals surface area contributed by atoms with Crippen molar-refractivity contribution in [2.75, 3.05) is 0 Å². The van der Waals surface area contributed by atoms with Crippen molar-refractivity contribution < 1.29 is 4.92 Å². The molecule has 0 aliphatic heterocycles. The highest BCUT2D eigenvalue weighted by Crippen LogP contribution is 2.17. The van der Waals surface area contributed by atoms with Gasteiger partial charge in [0.05, 0.1) is 4.92 Å². The molecule has 0 bridgehead atoms. The minimum Gasteiger partial charge on any atom is -0.258 e. The van der Waals surface area contributed by atoms with Gasteiger partial charge in [0.2, 0.25) is 4.96 Å². The lowest BCUT2D eigenvalue weighted by Gasteiger charge is -1.92. The highest BCUT2D eigenvalue weighted by molar-refractivity contribution is 7.17.